The zero-order chi connectivity index (χ0) is 17.1. The second kappa shape index (κ2) is 6.76. The van der Waals surface area contributed by atoms with Gasteiger partial charge in [0.2, 0.25) is 11.8 Å². The summed E-state index contributed by atoms with van der Waals surface area (Å²) in [5, 5.41) is 11.3. The lowest BCUT2D eigenvalue weighted by Gasteiger charge is -2.25. The Labute approximate surface area is 128 Å². The van der Waals surface area contributed by atoms with Gasteiger partial charge in [0.1, 0.15) is 5.60 Å². The molecule has 0 radical (unpaired) electrons. The molecular weight excluding hydrogens is 292 g/mol. The number of alkyl carbamates (subject to hydrolysis) is 1. The van der Waals surface area contributed by atoms with E-state index in [1.165, 1.54) is 0 Å². The number of carboxylic acids is 1. The Morgan fingerprint density at radius 3 is 2.41 bits per heavy atom. The van der Waals surface area contributed by atoms with Gasteiger partial charge in [-0.2, -0.15) is 0 Å². The van der Waals surface area contributed by atoms with Crippen LogP contribution in [-0.4, -0.2) is 52.1 Å². The highest BCUT2D eigenvalue weighted by Gasteiger charge is 2.37. The molecule has 0 bridgehead atoms. The van der Waals surface area contributed by atoms with E-state index in [2.05, 4.69) is 5.32 Å². The molecule has 1 aliphatic heterocycles. The lowest BCUT2D eigenvalue weighted by Crippen LogP contribution is -2.48. The molecular formula is C14H22N2O6. The molecule has 3 amide bonds. The maximum Gasteiger partial charge on any atom is 0.407 e. The molecule has 0 aliphatic carbocycles. The van der Waals surface area contributed by atoms with E-state index in [1.807, 2.05) is 0 Å². The summed E-state index contributed by atoms with van der Waals surface area (Å²) in [5.41, 5.74) is -0.731. The quantitative estimate of drug-likeness (QED) is 0.724. The van der Waals surface area contributed by atoms with E-state index in [9.17, 15) is 19.2 Å². The first kappa shape index (κ1) is 17.9. The summed E-state index contributed by atoms with van der Waals surface area (Å²) in [7, 11) is 0. The summed E-state index contributed by atoms with van der Waals surface area (Å²) in [4.78, 5) is 47.2. The number of nitrogens with one attached hydrogen (secondary N) is 1. The molecule has 1 saturated heterocycles. The van der Waals surface area contributed by atoms with Gasteiger partial charge in [0, 0.05) is 18.9 Å². The van der Waals surface area contributed by atoms with Crippen molar-refractivity contribution in [3.05, 3.63) is 0 Å². The third-order valence-corrected chi connectivity index (χ3v) is 3.01. The zero-order valence-electron chi connectivity index (χ0n) is 13.2. The van der Waals surface area contributed by atoms with Gasteiger partial charge in [0.05, 0.1) is 12.5 Å². The van der Waals surface area contributed by atoms with Gasteiger partial charge >= 0.3 is 12.1 Å². The van der Waals surface area contributed by atoms with E-state index >= 15 is 0 Å². The molecule has 1 rings (SSSR count). The number of rotatable bonds is 5. The number of hydrogen-bond donors (Lipinski definition) is 2. The second-order valence-corrected chi connectivity index (χ2v) is 6.39. The number of hydrogen-bond acceptors (Lipinski definition) is 5. The Morgan fingerprint density at radius 2 is 2.00 bits per heavy atom. The Balaban J connectivity index is 2.73. The van der Waals surface area contributed by atoms with E-state index < -0.39 is 36.0 Å². The van der Waals surface area contributed by atoms with E-state index in [1.54, 1.807) is 27.7 Å². The van der Waals surface area contributed by atoms with Crippen LogP contribution in [0.2, 0.25) is 0 Å². The van der Waals surface area contributed by atoms with Crippen LogP contribution in [0.3, 0.4) is 0 Å². The fourth-order valence-corrected chi connectivity index (χ4v) is 2.11. The summed E-state index contributed by atoms with van der Waals surface area (Å²) in [6.07, 6.45) is -1.10. The van der Waals surface area contributed by atoms with E-state index in [0.717, 1.165) is 4.90 Å². The Morgan fingerprint density at radius 1 is 1.41 bits per heavy atom. The lowest BCUT2D eigenvalue weighted by molar-refractivity contribution is -0.142. The molecule has 0 saturated carbocycles. The van der Waals surface area contributed by atoms with Crippen LogP contribution in [-0.2, 0) is 19.1 Å². The van der Waals surface area contributed by atoms with Crippen LogP contribution in [0.4, 0.5) is 4.79 Å². The molecule has 1 aliphatic rings. The highest BCUT2D eigenvalue weighted by atomic mass is 16.6. The van der Waals surface area contributed by atoms with Crippen molar-refractivity contribution in [1.29, 1.82) is 0 Å². The molecule has 1 fully saturated rings. The largest absolute Gasteiger partial charge is 0.481 e. The van der Waals surface area contributed by atoms with E-state index in [0.29, 0.717) is 0 Å². The van der Waals surface area contributed by atoms with Gasteiger partial charge in [-0.1, -0.05) is 6.92 Å². The van der Waals surface area contributed by atoms with E-state index in [4.69, 9.17) is 9.84 Å². The number of carbonyl (C=O) groups is 4. The number of imide groups is 1. The average Bonchev–Trinajstić information content (AvgIpc) is 2.52. The first-order chi connectivity index (χ1) is 9.99. The van der Waals surface area contributed by atoms with Crippen molar-refractivity contribution in [3.8, 4) is 0 Å². The molecule has 22 heavy (non-hydrogen) atoms. The van der Waals surface area contributed by atoms with Crippen molar-refractivity contribution in [2.24, 2.45) is 5.92 Å². The average molecular weight is 314 g/mol. The van der Waals surface area contributed by atoms with Crippen LogP contribution < -0.4 is 5.32 Å². The smallest absolute Gasteiger partial charge is 0.407 e. The van der Waals surface area contributed by atoms with Gasteiger partial charge < -0.3 is 15.2 Å². The normalized spacial score (nSPS) is 20.0. The van der Waals surface area contributed by atoms with Crippen molar-refractivity contribution in [2.75, 3.05) is 6.54 Å². The van der Waals surface area contributed by atoms with Gasteiger partial charge in [-0.05, 0) is 20.8 Å². The van der Waals surface area contributed by atoms with Gasteiger partial charge in [0.15, 0.2) is 0 Å². The molecule has 1 heterocycles. The number of carbonyl (C=O) groups excluding carboxylic acids is 3. The molecule has 2 atom stereocenters. The molecule has 0 aromatic rings. The molecule has 0 spiro atoms. The van der Waals surface area contributed by atoms with Crippen molar-refractivity contribution < 1.29 is 29.0 Å². The molecule has 8 nitrogen and oxygen atoms in total. The molecule has 0 aromatic heterocycles. The van der Waals surface area contributed by atoms with Gasteiger partial charge in [-0.25, -0.2) is 4.79 Å². The number of ether oxygens (including phenoxy) is 1. The first-order valence-corrected chi connectivity index (χ1v) is 7.05. The Bertz CT molecular complexity index is 482. The van der Waals surface area contributed by atoms with Gasteiger partial charge in [0.25, 0.3) is 0 Å². The van der Waals surface area contributed by atoms with Crippen molar-refractivity contribution in [3.63, 3.8) is 0 Å². The van der Waals surface area contributed by atoms with Crippen LogP contribution >= 0.6 is 0 Å². The molecule has 124 valence electrons. The van der Waals surface area contributed by atoms with Crippen molar-refractivity contribution in [1.82, 2.24) is 10.2 Å². The minimum absolute atomic E-state index is 0.102. The summed E-state index contributed by atoms with van der Waals surface area (Å²) >= 11 is 0. The van der Waals surface area contributed by atoms with Crippen LogP contribution in [0, 0.1) is 5.92 Å². The summed E-state index contributed by atoms with van der Waals surface area (Å²) in [5.74, 6) is -2.28. The SMILES string of the molecule is CC1CC(=O)N(CC(CC(=O)O)NC(=O)OC(C)(C)C)C1=O. The fourth-order valence-electron chi connectivity index (χ4n) is 2.11. The Hall–Kier alpha value is -2.12. The van der Waals surface area contributed by atoms with E-state index in [-0.39, 0.29) is 24.8 Å². The molecule has 8 heteroatoms. The summed E-state index contributed by atoms with van der Waals surface area (Å²) in [6.45, 7) is 6.48. The maximum atomic E-state index is 11.9. The molecule has 2 unspecified atom stereocenters. The zero-order valence-corrected chi connectivity index (χ0v) is 13.2. The van der Waals surface area contributed by atoms with Gasteiger partial charge in [-0.15, -0.1) is 0 Å². The predicted octanol–water partition coefficient (Wildman–Crippen LogP) is 0.749. The fraction of sp³-hybridized carbons (Fsp3) is 0.714. The summed E-state index contributed by atoms with van der Waals surface area (Å²) < 4.78 is 5.06. The Kier molecular flexibility index (Phi) is 5.51. The third kappa shape index (κ3) is 5.34. The van der Waals surface area contributed by atoms with Gasteiger partial charge in [-0.3, -0.25) is 19.3 Å². The molecule has 2 N–H and O–H groups in total. The predicted molar refractivity (Wildman–Crippen MR) is 75.9 cm³/mol. The number of aliphatic carboxylic acids is 1. The third-order valence-electron chi connectivity index (χ3n) is 3.01. The topological polar surface area (TPSA) is 113 Å². The first-order valence-electron chi connectivity index (χ1n) is 7.05. The second-order valence-electron chi connectivity index (χ2n) is 6.39. The molecule has 0 aromatic carbocycles. The van der Waals surface area contributed by atoms with Crippen LogP contribution in [0.5, 0.6) is 0 Å². The van der Waals surface area contributed by atoms with Crippen molar-refractivity contribution >= 4 is 23.9 Å². The maximum absolute atomic E-state index is 11.9. The number of carboxylic acid groups (broad SMARTS) is 1. The number of amides is 3. The standard InChI is InChI=1S/C14H22N2O6/c1-8-5-10(17)16(12(8)20)7-9(6-11(18)19)15-13(21)22-14(2,3)4/h8-9H,5-7H2,1-4H3,(H,15,21)(H,18,19). The van der Waals surface area contributed by atoms with Crippen molar-refractivity contribution in [2.45, 2.75) is 52.2 Å². The highest BCUT2D eigenvalue weighted by molar-refractivity contribution is 6.03. The minimum atomic E-state index is -1.15. The summed E-state index contributed by atoms with van der Waals surface area (Å²) in [6, 6.07) is -0.898. The highest BCUT2D eigenvalue weighted by Crippen LogP contribution is 2.19. The number of likely N-dealkylation sites (tertiary alicyclic amines) is 1. The number of nitrogens with zero attached hydrogens (tertiary/aromatic N) is 1. The van der Waals surface area contributed by atoms with Crippen LogP contribution in [0.15, 0.2) is 0 Å². The monoisotopic (exact) mass is 314 g/mol. The minimum Gasteiger partial charge on any atom is -0.481 e. The van der Waals surface area contributed by atoms with Crippen LogP contribution in [0.25, 0.3) is 0 Å². The lowest BCUT2D eigenvalue weighted by atomic mass is 10.1. The van der Waals surface area contributed by atoms with Crippen LogP contribution in [0.1, 0.15) is 40.5 Å².